The molecular formula is C55H96O6. The molecule has 0 aliphatic rings. The molecule has 0 aromatic rings. The molecule has 0 N–H and O–H groups in total. The van der Waals surface area contributed by atoms with Crippen molar-refractivity contribution in [1.29, 1.82) is 0 Å². The number of allylic oxidation sites excluding steroid dienone is 10. The van der Waals surface area contributed by atoms with Crippen LogP contribution >= 0.6 is 0 Å². The fraction of sp³-hybridized carbons (Fsp3) is 0.764. The van der Waals surface area contributed by atoms with Crippen LogP contribution in [0.2, 0.25) is 0 Å². The molecule has 0 saturated carbocycles. The van der Waals surface area contributed by atoms with E-state index in [-0.39, 0.29) is 31.1 Å². The third-order valence-electron chi connectivity index (χ3n) is 11.0. The lowest BCUT2D eigenvalue weighted by Gasteiger charge is -2.18. The van der Waals surface area contributed by atoms with Crippen LogP contribution in [-0.4, -0.2) is 37.2 Å². The summed E-state index contributed by atoms with van der Waals surface area (Å²) in [6.45, 7) is 6.40. The summed E-state index contributed by atoms with van der Waals surface area (Å²) in [5.74, 6) is -0.929. The van der Waals surface area contributed by atoms with Crippen LogP contribution < -0.4 is 0 Å². The smallest absolute Gasteiger partial charge is 0.306 e. The average molecular weight is 853 g/mol. The molecule has 1 atom stereocenters. The highest BCUT2D eigenvalue weighted by atomic mass is 16.6. The molecule has 0 aromatic heterocycles. The van der Waals surface area contributed by atoms with E-state index in [1.165, 1.54) is 116 Å². The van der Waals surface area contributed by atoms with Crippen molar-refractivity contribution >= 4 is 17.9 Å². The Labute approximate surface area is 377 Å². The summed E-state index contributed by atoms with van der Waals surface area (Å²) in [5, 5.41) is 0. The Kier molecular flexibility index (Phi) is 47.4. The standard InChI is InChI=1S/C55H96O6/c1-4-7-10-13-15-17-19-21-22-23-24-25-26-27-28-29-30-31-32-34-35-37-39-42-45-48-54(57)60-51-52(50-59-53(56)47-44-41-12-9-6-3)61-55(58)49-46-43-40-38-36-33-20-18-16-14-11-8-5-2/h8,11,16,18-19,21,23-24,33,36,52H,4-7,9-10,12-15,17,20,22,25-32,34-35,37-51H2,1-3H3/b11-8-,18-16-,21-19-,24-23-,36-33-. The zero-order chi connectivity index (χ0) is 44.4. The molecular weight excluding hydrogens is 757 g/mol. The fourth-order valence-electron chi connectivity index (χ4n) is 7.13. The zero-order valence-corrected chi connectivity index (χ0v) is 40.2. The maximum atomic E-state index is 12.7. The molecule has 0 fully saturated rings. The SMILES string of the molecule is CC/C=C\C/C=C\C/C=C\CCCCCC(=O)OC(COC(=O)CCCCCCC)COC(=O)CCCCCCCCCCCCCCC/C=C\C/C=C\CCCCCCC. The Morgan fingerprint density at radius 2 is 0.639 bits per heavy atom. The maximum Gasteiger partial charge on any atom is 0.306 e. The normalized spacial score (nSPS) is 12.5. The van der Waals surface area contributed by atoms with Gasteiger partial charge in [0.15, 0.2) is 6.10 Å². The van der Waals surface area contributed by atoms with Crippen molar-refractivity contribution in [3.63, 3.8) is 0 Å². The number of ether oxygens (including phenoxy) is 3. The van der Waals surface area contributed by atoms with Gasteiger partial charge in [-0.25, -0.2) is 0 Å². The van der Waals surface area contributed by atoms with Crippen molar-refractivity contribution < 1.29 is 28.6 Å². The molecule has 0 rings (SSSR count). The fourth-order valence-corrected chi connectivity index (χ4v) is 7.13. The van der Waals surface area contributed by atoms with Gasteiger partial charge >= 0.3 is 17.9 Å². The monoisotopic (exact) mass is 853 g/mol. The summed E-state index contributed by atoms with van der Waals surface area (Å²) in [7, 11) is 0. The van der Waals surface area contributed by atoms with Crippen LogP contribution in [0.3, 0.4) is 0 Å². The first-order valence-corrected chi connectivity index (χ1v) is 25.8. The molecule has 61 heavy (non-hydrogen) atoms. The van der Waals surface area contributed by atoms with Gasteiger partial charge in [-0.2, -0.15) is 0 Å². The number of rotatable bonds is 46. The van der Waals surface area contributed by atoms with E-state index in [0.717, 1.165) is 96.3 Å². The first-order valence-electron chi connectivity index (χ1n) is 25.8. The van der Waals surface area contributed by atoms with Gasteiger partial charge in [0, 0.05) is 19.3 Å². The van der Waals surface area contributed by atoms with Gasteiger partial charge in [-0.05, 0) is 83.5 Å². The number of carbonyl (C=O) groups is 3. The van der Waals surface area contributed by atoms with Crippen LogP contribution in [0.5, 0.6) is 0 Å². The van der Waals surface area contributed by atoms with E-state index in [0.29, 0.717) is 19.3 Å². The van der Waals surface area contributed by atoms with Gasteiger partial charge in [0.25, 0.3) is 0 Å². The number of unbranched alkanes of at least 4 members (excludes halogenated alkanes) is 25. The average Bonchev–Trinajstić information content (AvgIpc) is 3.26. The second-order valence-corrected chi connectivity index (χ2v) is 17.1. The molecule has 0 aliphatic carbocycles. The number of carbonyl (C=O) groups excluding carboxylic acids is 3. The van der Waals surface area contributed by atoms with Crippen molar-refractivity contribution in [2.45, 2.75) is 258 Å². The van der Waals surface area contributed by atoms with E-state index in [1.54, 1.807) is 0 Å². The summed E-state index contributed by atoms with van der Waals surface area (Å²) < 4.78 is 16.6. The van der Waals surface area contributed by atoms with Crippen molar-refractivity contribution in [1.82, 2.24) is 0 Å². The van der Waals surface area contributed by atoms with E-state index in [2.05, 4.69) is 81.5 Å². The molecule has 0 saturated heterocycles. The lowest BCUT2D eigenvalue weighted by Crippen LogP contribution is -2.30. The minimum Gasteiger partial charge on any atom is -0.462 e. The Hall–Kier alpha value is -2.89. The van der Waals surface area contributed by atoms with E-state index >= 15 is 0 Å². The Morgan fingerprint density at radius 1 is 0.344 bits per heavy atom. The third kappa shape index (κ3) is 48.0. The molecule has 1 unspecified atom stereocenters. The van der Waals surface area contributed by atoms with Crippen molar-refractivity contribution in [2.75, 3.05) is 13.2 Å². The third-order valence-corrected chi connectivity index (χ3v) is 11.0. The second-order valence-electron chi connectivity index (χ2n) is 17.1. The summed E-state index contributed by atoms with van der Waals surface area (Å²) >= 11 is 0. The van der Waals surface area contributed by atoms with Crippen molar-refractivity contribution in [2.24, 2.45) is 0 Å². The second kappa shape index (κ2) is 49.8. The first-order chi connectivity index (χ1) is 30.0. The zero-order valence-electron chi connectivity index (χ0n) is 40.2. The predicted octanol–water partition coefficient (Wildman–Crippen LogP) is 16.9. The van der Waals surface area contributed by atoms with Crippen LogP contribution in [0.4, 0.5) is 0 Å². The lowest BCUT2D eigenvalue weighted by atomic mass is 10.0. The topological polar surface area (TPSA) is 78.9 Å². The van der Waals surface area contributed by atoms with E-state index < -0.39 is 6.10 Å². The molecule has 0 heterocycles. The van der Waals surface area contributed by atoms with Crippen molar-refractivity contribution in [3.05, 3.63) is 60.8 Å². The molecule has 0 aromatic carbocycles. The minimum absolute atomic E-state index is 0.0860. The minimum atomic E-state index is -0.784. The van der Waals surface area contributed by atoms with Gasteiger partial charge in [-0.3, -0.25) is 14.4 Å². The Balaban J connectivity index is 4.08. The van der Waals surface area contributed by atoms with Gasteiger partial charge < -0.3 is 14.2 Å². The summed E-state index contributed by atoms with van der Waals surface area (Å²) in [4.78, 5) is 37.6. The van der Waals surface area contributed by atoms with E-state index in [4.69, 9.17) is 14.2 Å². The highest BCUT2D eigenvalue weighted by Crippen LogP contribution is 2.15. The first kappa shape index (κ1) is 58.1. The molecule has 0 bridgehead atoms. The van der Waals surface area contributed by atoms with E-state index in [1.807, 2.05) is 0 Å². The van der Waals surface area contributed by atoms with Crippen molar-refractivity contribution in [3.8, 4) is 0 Å². The molecule has 6 nitrogen and oxygen atoms in total. The van der Waals surface area contributed by atoms with Gasteiger partial charge in [-0.15, -0.1) is 0 Å². The molecule has 352 valence electrons. The van der Waals surface area contributed by atoms with E-state index in [9.17, 15) is 14.4 Å². The molecule has 0 amide bonds. The molecule has 6 heteroatoms. The maximum absolute atomic E-state index is 12.7. The van der Waals surface area contributed by atoms with Gasteiger partial charge in [-0.1, -0.05) is 210 Å². The molecule has 0 spiro atoms. The van der Waals surface area contributed by atoms with Crippen LogP contribution in [0.1, 0.15) is 252 Å². The lowest BCUT2D eigenvalue weighted by molar-refractivity contribution is -0.167. The summed E-state index contributed by atoms with van der Waals surface area (Å²) in [6.07, 6.45) is 61.2. The highest BCUT2D eigenvalue weighted by Gasteiger charge is 2.19. The number of esters is 3. The van der Waals surface area contributed by atoms with Crippen LogP contribution in [0.25, 0.3) is 0 Å². The van der Waals surface area contributed by atoms with Crippen LogP contribution in [-0.2, 0) is 28.6 Å². The predicted molar refractivity (Wildman–Crippen MR) is 261 cm³/mol. The quantitative estimate of drug-likeness (QED) is 0.0263. The van der Waals surface area contributed by atoms with Crippen LogP contribution in [0.15, 0.2) is 60.8 Å². The molecule has 0 aliphatic heterocycles. The van der Waals surface area contributed by atoms with Gasteiger partial charge in [0.05, 0.1) is 0 Å². The Morgan fingerprint density at radius 3 is 1.02 bits per heavy atom. The summed E-state index contributed by atoms with van der Waals surface area (Å²) in [6, 6.07) is 0. The Bertz CT molecular complexity index is 1120. The van der Waals surface area contributed by atoms with Crippen LogP contribution in [0, 0.1) is 0 Å². The van der Waals surface area contributed by atoms with Gasteiger partial charge in [0.2, 0.25) is 0 Å². The van der Waals surface area contributed by atoms with Gasteiger partial charge in [0.1, 0.15) is 13.2 Å². The molecule has 0 radical (unpaired) electrons. The summed E-state index contributed by atoms with van der Waals surface area (Å²) in [5.41, 5.74) is 0. The highest BCUT2D eigenvalue weighted by molar-refractivity contribution is 5.71. The largest absolute Gasteiger partial charge is 0.462 e. The number of hydrogen-bond acceptors (Lipinski definition) is 6. The number of hydrogen-bond donors (Lipinski definition) is 0.